The first kappa shape index (κ1) is 16.4. The first-order valence-corrected chi connectivity index (χ1v) is 9.87. The lowest BCUT2D eigenvalue weighted by molar-refractivity contribution is -0.113. The van der Waals surface area contributed by atoms with Crippen LogP contribution in [0.3, 0.4) is 0 Å². The van der Waals surface area contributed by atoms with Crippen LogP contribution >= 0.6 is 23.1 Å². The molecule has 3 aromatic rings. The summed E-state index contributed by atoms with van der Waals surface area (Å²) < 4.78 is 5.27. The number of aromatic nitrogens is 2. The number of benzene rings is 1. The van der Waals surface area contributed by atoms with Crippen LogP contribution in [0, 0.1) is 0 Å². The molecule has 25 heavy (non-hydrogen) atoms. The van der Waals surface area contributed by atoms with Gasteiger partial charge in [-0.15, -0.1) is 11.3 Å². The maximum absolute atomic E-state index is 12.3. The maximum atomic E-state index is 12.3. The first-order chi connectivity index (χ1) is 12.3. The third-order valence-electron chi connectivity index (χ3n) is 4.19. The van der Waals surface area contributed by atoms with Crippen LogP contribution in [-0.2, 0) is 17.6 Å². The molecule has 0 aliphatic heterocycles. The van der Waals surface area contributed by atoms with Crippen LogP contribution in [0.4, 0.5) is 5.69 Å². The van der Waals surface area contributed by atoms with Crippen LogP contribution in [0.1, 0.15) is 16.9 Å². The molecular weight excluding hydrogens is 354 g/mol. The molecule has 1 aliphatic rings. The highest BCUT2D eigenvalue weighted by molar-refractivity contribution is 8.00. The molecule has 2 aromatic heterocycles. The Morgan fingerprint density at radius 3 is 3.08 bits per heavy atom. The van der Waals surface area contributed by atoms with Gasteiger partial charge in [-0.25, -0.2) is 9.97 Å². The van der Waals surface area contributed by atoms with E-state index in [1.165, 1.54) is 28.6 Å². The quantitative estimate of drug-likeness (QED) is 0.544. The number of hydrogen-bond acceptors (Lipinski definition) is 6. The van der Waals surface area contributed by atoms with Crippen LogP contribution in [-0.4, -0.2) is 28.7 Å². The fourth-order valence-corrected chi connectivity index (χ4v) is 5.20. The zero-order valence-electron chi connectivity index (χ0n) is 13.7. The van der Waals surface area contributed by atoms with Crippen molar-refractivity contribution in [1.82, 2.24) is 9.97 Å². The predicted octanol–water partition coefficient (Wildman–Crippen LogP) is 3.92. The van der Waals surface area contributed by atoms with Gasteiger partial charge in [-0.3, -0.25) is 4.79 Å². The van der Waals surface area contributed by atoms with Gasteiger partial charge in [0.15, 0.2) is 0 Å². The minimum atomic E-state index is -0.0758. The van der Waals surface area contributed by atoms with E-state index in [1.54, 1.807) is 24.8 Å². The van der Waals surface area contributed by atoms with Crippen LogP contribution in [0.15, 0.2) is 35.6 Å². The van der Waals surface area contributed by atoms with Crippen molar-refractivity contribution in [2.24, 2.45) is 0 Å². The smallest absolute Gasteiger partial charge is 0.234 e. The fourth-order valence-electron chi connectivity index (χ4n) is 3.08. The summed E-state index contributed by atoms with van der Waals surface area (Å²) in [5.74, 6) is 0.878. The number of thiophene rings is 1. The second kappa shape index (κ2) is 7.01. The number of nitrogens with one attached hydrogen (secondary N) is 1. The molecular formula is C18H17N3O2S2. The number of amides is 1. The van der Waals surface area contributed by atoms with Crippen molar-refractivity contribution >= 4 is 44.9 Å². The van der Waals surface area contributed by atoms with E-state index < -0.39 is 0 Å². The number of ether oxygens (including phenoxy) is 1. The Morgan fingerprint density at radius 2 is 2.20 bits per heavy atom. The molecule has 0 radical (unpaired) electrons. The number of hydrogen-bond donors (Lipinski definition) is 1. The number of carbonyl (C=O) groups is 1. The Hall–Kier alpha value is -2.12. The molecule has 0 unspecified atom stereocenters. The Kier molecular flexibility index (Phi) is 4.59. The van der Waals surface area contributed by atoms with Gasteiger partial charge in [0.1, 0.15) is 21.9 Å². The minimum absolute atomic E-state index is 0.0758. The number of fused-ring (bicyclic) bond motifs is 3. The number of para-hydroxylation sites is 2. The molecule has 2 heterocycles. The average Bonchev–Trinajstić information content (AvgIpc) is 3.21. The highest BCUT2D eigenvalue weighted by Crippen LogP contribution is 2.40. The van der Waals surface area contributed by atoms with Gasteiger partial charge in [-0.2, -0.15) is 0 Å². The van der Waals surface area contributed by atoms with Crippen molar-refractivity contribution in [2.45, 2.75) is 24.3 Å². The largest absolute Gasteiger partial charge is 0.495 e. The molecule has 0 atom stereocenters. The van der Waals surface area contributed by atoms with E-state index in [0.717, 1.165) is 28.1 Å². The zero-order chi connectivity index (χ0) is 17.2. The molecule has 0 spiro atoms. The number of aryl methyl sites for hydroxylation is 2. The molecule has 1 amide bonds. The number of anilines is 1. The van der Waals surface area contributed by atoms with Gasteiger partial charge < -0.3 is 10.1 Å². The SMILES string of the molecule is COc1ccccc1NC(=O)CSc1ncnc2sc3c(c12)CCC3. The van der Waals surface area contributed by atoms with E-state index in [0.29, 0.717) is 17.2 Å². The van der Waals surface area contributed by atoms with Gasteiger partial charge in [-0.05, 0) is 37.0 Å². The minimum Gasteiger partial charge on any atom is -0.495 e. The molecule has 0 saturated heterocycles. The van der Waals surface area contributed by atoms with Gasteiger partial charge in [0.25, 0.3) is 0 Å². The van der Waals surface area contributed by atoms with Crippen molar-refractivity contribution in [1.29, 1.82) is 0 Å². The van der Waals surface area contributed by atoms with Gasteiger partial charge in [0, 0.05) is 10.3 Å². The van der Waals surface area contributed by atoms with Gasteiger partial charge in [0.2, 0.25) is 5.91 Å². The molecule has 0 fully saturated rings. The van der Waals surface area contributed by atoms with Crippen LogP contribution in [0.2, 0.25) is 0 Å². The summed E-state index contributed by atoms with van der Waals surface area (Å²) in [6.45, 7) is 0. The van der Waals surface area contributed by atoms with Crippen LogP contribution in [0.25, 0.3) is 10.2 Å². The fraction of sp³-hybridized carbons (Fsp3) is 0.278. The van der Waals surface area contributed by atoms with Gasteiger partial charge >= 0.3 is 0 Å². The second-order valence-electron chi connectivity index (χ2n) is 5.75. The third-order valence-corrected chi connectivity index (χ3v) is 6.38. The molecule has 7 heteroatoms. The van der Waals surface area contributed by atoms with Gasteiger partial charge in [0.05, 0.1) is 18.6 Å². The molecule has 5 nitrogen and oxygen atoms in total. The Balaban J connectivity index is 1.50. The topological polar surface area (TPSA) is 64.1 Å². The number of thioether (sulfide) groups is 1. The second-order valence-corrected chi connectivity index (χ2v) is 7.80. The standard InChI is InChI=1S/C18H17N3O2S2/c1-23-13-7-3-2-6-12(13)21-15(22)9-24-17-16-11-5-4-8-14(11)25-18(16)20-10-19-17/h2-3,6-7,10H,4-5,8-9H2,1H3,(H,21,22). The first-order valence-electron chi connectivity index (χ1n) is 8.07. The van der Waals surface area contributed by atoms with Crippen LogP contribution in [0.5, 0.6) is 5.75 Å². The number of methoxy groups -OCH3 is 1. The Labute approximate surface area is 153 Å². The molecule has 0 saturated carbocycles. The summed E-state index contributed by atoms with van der Waals surface area (Å²) in [6.07, 6.45) is 5.01. The summed E-state index contributed by atoms with van der Waals surface area (Å²) in [6, 6.07) is 7.40. The maximum Gasteiger partial charge on any atom is 0.234 e. The highest BCUT2D eigenvalue weighted by atomic mass is 32.2. The number of rotatable bonds is 5. The molecule has 4 rings (SSSR count). The predicted molar refractivity (Wildman–Crippen MR) is 102 cm³/mol. The van der Waals surface area contributed by atoms with Crippen molar-refractivity contribution in [3.05, 3.63) is 41.0 Å². The summed E-state index contributed by atoms with van der Waals surface area (Å²) in [7, 11) is 1.59. The lowest BCUT2D eigenvalue weighted by Gasteiger charge is -2.09. The summed E-state index contributed by atoms with van der Waals surface area (Å²) in [5, 5.41) is 4.95. The van der Waals surface area contributed by atoms with Crippen molar-refractivity contribution in [2.75, 3.05) is 18.2 Å². The van der Waals surface area contributed by atoms with Crippen molar-refractivity contribution in [3.63, 3.8) is 0 Å². The average molecular weight is 371 g/mol. The molecule has 0 bridgehead atoms. The van der Waals surface area contributed by atoms with E-state index in [4.69, 9.17) is 4.74 Å². The zero-order valence-corrected chi connectivity index (χ0v) is 15.4. The monoisotopic (exact) mass is 371 g/mol. The Morgan fingerprint density at radius 1 is 1.32 bits per heavy atom. The van der Waals surface area contributed by atoms with E-state index in [-0.39, 0.29) is 5.91 Å². The lowest BCUT2D eigenvalue weighted by atomic mass is 10.2. The number of carbonyl (C=O) groups excluding carboxylic acids is 1. The third kappa shape index (κ3) is 3.21. The highest BCUT2D eigenvalue weighted by Gasteiger charge is 2.21. The molecule has 1 aliphatic carbocycles. The normalized spacial score (nSPS) is 13.0. The summed E-state index contributed by atoms with van der Waals surface area (Å²) in [4.78, 5) is 23.6. The Bertz CT molecular complexity index is 939. The van der Waals surface area contributed by atoms with Crippen molar-refractivity contribution in [3.8, 4) is 5.75 Å². The lowest BCUT2D eigenvalue weighted by Crippen LogP contribution is -2.14. The van der Waals surface area contributed by atoms with E-state index in [9.17, 15) is 4.79 Å². The van der Waals surface area contributed by atoms with E-state index in [1.807, 2.05) is 24.3 Å². The molecule has 1 aromatic carbocycles. The summed E-state index contributed by atoms with van der Waals surface area (Å²) in [5.41, 5.74) is 2.06. The number of nitrogens with zero attached hydrogens (tertiary/aromatic N) is 2. The summed E-state index contributed by atoms with van der Waals surface area (Å²) >= 11 is 3.22. The van der Waals surface area contributed by atoms with Crippen molar-refractivity contribution < 1.29 is 9.53 Å². The molecule has 1 N–H and O–H groups in total. The van der Waals surface area contributed by atoms with E-state index >= 15 is 0 Å². The van der Waals surface area contributed by atoms with E-state index in [2.05, 4.69) is 15.3 Å². The van der Waals surface area contributed by atoms with Crippen LogP contribution < -0.4 is 10.1 Å². The van der Waals surface area contributed by atoms with Gasteiger partial charge in [-0.1, -0.05) is 23.9 Å². The molecule has 128 valence electrons.